The first kappa shape index (κ1) is 18.2. The minimum atomic E-state index is -0.357. The molecular weight excluding hydrogens is 396 g/mol. The first-order valence-electron chi connectivity index (χ1n) is 6.97. The van der Waals surface area contributed by atoms with Gasteiger partial charge in [0, 0.05) is 34.5 Å². The molecule has 2 N–H and O–H groups in total. The van der Waals surface area contributed by atoms with Gasteiger partial charge in [0.15, 0.2) is 5.78 Å². The van der Waals surface area contributed by atoms with E-state index in [9.17, 15) is 14.4 Å². The third-order valence-electron chi connectivity index (χ3n) is 3.05. The molecule has 0 spiro atoms. The van der Waals surface area contributed by atoms with E-state index in [0.29, 0.717) is 20.7 Å². The molecular formula is C17H14BrClN2O3. The molecule has 2 aromatic carbocycles. The molecule has 2 rings (SSSR count). The van der Waals surface area contributed by atoms with Gasteiger partial charge in [0.2, 0.25) is 11.8 Å². The van der Waals surface area contributed by atoms with E-state index in [-0.39, 0.29) is 28.8 Å². The average Bonchev–Trinajstić information content (AvgIpc) is 2.48. The van der Waals surface area contributed by atoms with Crippen LogP contribution in [-0.2, 0) is 9.59 Å². The highest BCUT2D eigenvalue weighted by atomic mass is 79.9. The first-order valence-corrected chi connectivity index (χ1v) is 8.14. The molecule has 24 heavy (non-hydrogen) atoms. The fraction of sp³-hybridized carbons (Fsp3) is 0.118. The van der Waals surface area contributed by atoms with E-state index in [1.54, 1.807) is 36.4 Å². The number of hydrogen-bond acceptors (Lipinski definition) is 3. The number of hydrogen-bond donors (Lipinski definition) is 2. The van der Waals surface area contributed by atoms with Crippen LogP contribution in [-0.4, -0.2) is 17.6 Å². The molecule has 0 aliphatic carbocycles. The van der Waals surface area contributed by atoms with E-state index < -0.39 is 0 Å². The van der Waals surface area contributed by atoms with Gasteiger partial charge in [-0.2, -0.15) is 0 Å². The lowest BCUT2D eigenvalue weighted by molar-refractivity contribution is -0.115. The summed E-state index contributed by atoms with van der Waals surface area (Å²) < 4.78 is 0.589. The van der Waals surface area contributed by atoms with Crippen LogP contribution in [0, 0.1) is 0 Å². The van der Waals surface area contributed by atoms with E-state index in [1.807, 2.05) is 0 Å². The van der Waals surface area contributed by atoms with Crippen molar-refractivity contribution in [2.75, 3.05) is 10.6 Å². The van der Waals surface area contributed by atoms with E-state index in [0.717, 1.165) is 0 Å². The minimum absolute atomic E-state index is 0.241. The average molecular weight is 410 g/mol. The van der Waals surface area contributed by atoms with Gasteiger partial charge in [-0.3, -0.25) is 14.4 Å². The van der Waals surface area contributed by atoms with Crippen LogP contribution in [0.25, 0.3) is 0 Å². The first-order chi connectivity index (χ1) is 11.3. The highest BCUT2D eigenvalue weighted by Gasteiger charge is 2.20. The number of benzene rings is 2. The molecule has 124 valence electrons. The van der Waals surface area contributed by atoms with Gasteiger partial charge in [0.1, 0.15) is 0 Å². The van der Waals surface area contributed by atoms with Crippen molar-refractivity contribution in [2.45, 2.75) is 13.8 Å². The normalized spacial score (nSPS) is 10.2. The lowest BCUT2D eigenvalue weighted by Crippen LogP contribution is -2.16. The van der Waals surface area contributed by atoms with Crippen LogP contribution in [0.3, 0.4) is 0 Å². The Morgan fingerprint density at radius 2 is 1.67 bits per heavy atom. The van der Waals surface area contributed by atoms with Gasteiger partial charge in [0.05, 0.1) is 11.4 Å². The maximum atomic E-state index is 12.8. The Morgan fingerprint density at radius 3 is 2.25 bits per heavy atom. The summed E-state index contributed by atoms with van der Waals surface area (Å²) in [7, 11) is 0. The second kappa shape index (κ2) is 7.59. The van der Waals surface area contributed by atoms with Crippen molar-refractivity contribution in [3.05, 3.63) is 57.0 Å². The largest absolute Gasteiger partial charge is 0.324 e. The lowest BCUT2D eigenvalue weighted by atomic mass is 10.0. The van der Waals surface area contributed by atoms with Gasteiger partial charge < -0.3 is 10.6 Å². The van der Waals surface area contributed by atoms with Crippen molar-refractivity contribution in [1.29, 1.82) is 0 Å². The van der Waals surface area contributed by atoms with Crippen molar-refractivity contribution in [1.82, 2.24) is 0 Å². The number of anilines is 2. The third kappa shape index (κ3) is 4.43. The highest BCUT2D eigenvalue weighted by molar-refractivity contribution is 9.10. The fourth-order valence-electron chi connectivity index (χ4n) is 2.17. The van der Waals surface area contributed by atoms with E-state index >= 15 is 0 Å². The molecule has 5 nitrogen and oxygen atoms in total. The zero-order valence-corrected chi connectivity index (χ0v) is 15.3. The number of ketones is 1. The maximum Gasteiger partial charge on any atom is 0.221 e. The number of carbonyl (C=O) groups is 3. The molecule has 2 aromatic rings. The summed E-state index contributed by atoms with van der Waals surface area (Å²) in [6.07, 6.45) is 0. The molecule has 0 aromatic heterocycles. The third-order valence-corrected chi connectivity index (χ3v) is 3.74. The van der Waals surface area contributed by atoms with Crippen LogP contribution >= 0.6 is 27.5 Å². The molecule has 0 atom stereocenters. The second-order valence-electron chi connectivity index (χ2n) is 5.08. The maximum absolute atomic E-state index is 12.8. The number of amides is 2. The van der Waals surface area contributed by atoms with Crippen molar-refractivity contribution in [3.8, 4) is 0 Å². The van der Waals surface area contributed by atoms with E-state index in [2.05, 4.69) is 26.6 Å². The highest BCUT2D eigenvalue weighted by Crippen LogP contribution is 2.33. The molecule has 7 heteroatoms. The van der Waals surface area contributed by atoms with Gasteiger partial charge in [-0.25, -0.2) is 0 Å². The van der Waals surface area contributed by atoms with Gasteiger partial charge in [-0.05, 0) is 24.3 Å². The molecule has 0 heterocycles. The topological polar surface area (TPSA) is 75.3 Å². The SMILES string of the molecule is CC(=O)Nc1cc(Br)cc(C(=O)c2cccc(Cl)c2)c1NC(C)=O. The predicted molar refractivity (Wildman–Crippen MR) is 97.6 cm³/mol. The van der Waals surface area contributed by atoms with Crippen LogP contribution in [0.2, 0.25) is 5.02 Å². The number of halogens is 2. The fourth-order valence-corrected chi connectivity index (χ4v) is 2.82. The van der Waals surface area contributed by atoms with E-state index in [1.165, 1.54) is 13.8 Å². The number of carbonyl (C=O) groups excluding carboxylic acids is 3. The van der Waals surface area contributed by atoms with Crippen molar-refractivity contribution in [2.24, 2.45) is 0 Å². The Morgan fingerprint density at radius 1 is 1.00 bits per heavy atom. The second-order valence-corrected chi connectivity index (χ2v) is 6.43. The van der Waals surface area contributed by atoms with Crippen LogP contribution in [0.15, 0.2) is 40.9 Å². The molecule has 0 bridgehead atoms. The summed E-state index contributed by atoms with van der Waals surface area (Å²) in [6, 6.07) is 9.70. The smallest absolute Gasteiger partial charge is 0.221 e. The quantitative estimate of drug-likeness (QED) is 0.741. The molecule has 0 saturated carbocycles. The molecule has 0 aliphatic heterocycles. The van der Waals surface area contributed by atoms with Gasteiger partial charge >= 0.3 is 0 Å². The Labute approximate surface area is 152 Å². The van der Waals surface area contributed by atoms with Gasteiger partial charge in [-0.15, -0.1) is 0 Å². The van der Waals surface area contributed by atoms with Gasteiger partial charge in [0.25, 0.3) is 0 Å². The number of nitrogens with one attached hydrogen (secondary N) is 2. The van der Waals surface area contributed by atoms with Crippen LogP contribution in [0.5, 0.6) is 0 Å². The van der Waals surface area contributed by atoms with Crippen LogP contribution < -0.4 is 10.6 Å². The zero-order valence-electron chi connectivity index (χ0n) is 12.9. The van der Waals surface area contributed by atoms with Crippen molar-refractivity contribution in [3.63, 3.8) is 0 Å². The van der Waals surface area contributed by atoms with E-state index in [4.69, 9.17) is 11.6 Å². The molecule has 0 radical (unpaired) electrons. The minimum Gasteiger partial charge on any atom is -0.324 e. The Bertz CT molecular complexity index is 837. The standard InChI is InChI=1S/C17H14BrClN2O3/c1-9(22)20-15-8-12(18)7-14(16(15)21-10(2)23)17(24)11-4-3-5-13(19)6-11/h3-8H,1-2H3,(H,20,22)(H,21,23). The Balaban J connectivity index is 2.62. The van der Waals surface area contributed by atoms with Gasteiger partial charge in [-0.1, -0.05) is 39.7 Å². The van der Waals surface area contributed by atoms with Crippen molar-refractivity contribution < 1.29 is 14.4 Å². The summed E-state index contributed by atoms with van der Waals surface area (Å²) in [6.45, 7) is 2.67. The Kier molecular flexibility index (Phi) is 5.75. The Hall–Kier alpha value is -2.18. The summed E-state index contributed by atoms with van der Waals surface area (Å²) in [4.78, 5) is 35.8. The monoisotopic (exact) mass is 408 g/mol. The summed E-state index contributed by atoms with van der Waals surface area (Å²) in [5.74, 6) is -1.00. The zero-order chi connectivity index (χ0) is 17.9. The molecule has 0 aliphatic rings. The summed E-state index contributed by atoms with van der Waals surface area (Å²) in [5, 5.41) is 5.66. The molecule has 0 fully saturated rings. The molecule has 0 unspecified atom stereocenters. The summed E-state index contributed by atoms with van der Waals surface area (Å²) in [5.41, 5.74) is 1.19. The molecule has 0 saturated heterocycles. The molecule has 2 amide bonds. The van der Waals surface area contributed by atoms with Crippen molar-refractivity contribution >= 4 is 56.5 Å². The number of rotatable bonds is 4. The predicted octanol–water partition coefficient (Wildman–Crippen LogP) is 4.25. The lowest BCUT2D eigenvalue weighted by Gasteiger charge is -2.16. The summed E-state index contributed by atoms with van der Waals surface area (Å²) >= 11 is 9.26. The van der Waals surface area contributed by atoms with Crippen LogP contribution in [0.4, 0.5) is 11.4 Å². The van der Waals surface area contributed by atoms with Crippen LogP contribution in [0.1, 0.15) is 29.8 Å².